The van der Waals surface area contributed by atoms with E-state index in [1.807, 2.05) is 13.8 Å². The van der Waals surface area contributed by atoms with E-state index >= 15 is 0 Å². The standard InChI is InChI=1S/C11H14FN3O.C2H6/c1-14-4-5-15(7-11(14)16)10-3-2-8(13)6-9(10)12;1-2/h2-3,6H,4-5,7,13H2,1H3;1-2H3. The quantitative estimate of drug-likeness (QED) is 0.775. The number of carbonyl (C=O) groups excluding carboxylic acids is 1. The number of piperazine rings is 1. The lowest BCUT2D eigenvalue weighted by molar-refractivity contribution is -0.129. The van der Waals surface area contributed by atoms with Crippen LogP contribution in [0.4, 0.5) is 15.8 Å². The van der Waals surface area contributed by atoms with E-state index in [2.05, 4.69) is 0 Å². The van der Waals surface area contributed by atoms with E-state index in [0.717, 1.165) is 0 Å². The number of likely N-dealkylation sites (N-methyl/N-ethyl adjacent to an activating group) is 1. The number of hydrogen-bond acceptors (Lipinski definition) is 3. The molecule has 0 unspecified atom stereocenters. The Morgan fingerprint density at radius 3 is 2.50 bits per heavy atom. The van der Waals surface area contributed by atoms with Crippen molar-refractivity contribution in [2.24, 2.45) is 0 Å². The average Bonchev–Trinajstić information content (AvgIpc) is 2.35. The number of amides is 1. The van der Waals surface area contributed by atoms with Crippen LogP contribution in [-0.4, -0.2) is 37.5 Å². The lowest BCUT2D eigenvalue weighted by atomic mass is 10.2. The first kappa shape index (κ1) is 14.3. The van der Waals surface area contributed by atoms with Gasteiger partial charge >= 0.3 is 0 Å². The van der Waals surface area contributed by atoms with Crippen molar-refractivity contribution in [2.45, 2.75) is 13.8 Å². The molecule has 2 N–H and O–H groups in total. The minimum Gasteiger partial charge on any atom is -0.399 e. The van der Waals surface area contributed by atoms with Crippen LogP contribution in [0.3, 0.4) is 0 Å². The minimum absolute atomic E-state index is 0.00229. The second-order valence-corrected chi connectivity index (χ2v) is 3.95. The summed E-state index contributed by atoms with van der Waals surface area (Å²) >= 11 is 0. The van der Waals surface area contributed by atoms with Crippen LogP contribution in [0.1, 0.15) is 13.8 Å². The third-order valence-corrected chi connectivity index (χ3v) is 2.77. The molecule has 1 amide bonds. The van der Waals surface area contributed by atoms with Crippen LogP contribution in [-0.2, 0) is 4.79 Å². The summed E-state index contributed by atoms with van der Waals surface area (Å²) in [6, 6.07) is 4.53. The predicted molar refractivity (Wildman–Crippen MR) is 72.0 cm³/mol. The summed E-state index contributed by atoms with van der Waals surface area (Å²) in [6.45, 7) is 5.48. The maximum absolute atomic E-state index is 13.6. The molecule has 0 aliphatic carbocycles. The molecule has 1 aromatic rings. The van der Waals surface area contributed by atoms with Crippen LogP contribution in [0.5, 0.6) is 0 Å². The van der Waals surface area contributed by atoms with Crippen LogP contribution >= 0.6 is 0 Å². The minimum atomic E-state index is -0.377. The number of nitrogens with two attached hydrogens (primary N) is 1. The van der Waals surface area contributed by atoms with Crippen LogP contribution in [0.25, 0.3) is 0 Å². The molecule has 1 aliphatic heterocycles. The fraction of sp³-hybridized carbons (Fsp3) is 0.462. The first-order valence-electron chi connectivity index (χ1n) is 6.12. The van der Waals surface area contributed by atoms with Crippen molar-refractivity contribution < 1.29 is 9.18 Å². The highest BCUT2D eigenvalue weighted by Crippen LogP contribution is 2.22. The topological polar surface area (TPSA) is 49.6 Å². The van der Waals surface area contributed by atoms with Crippen LogP contribution in [0, 0.1) is 5.82 Å². The summed E-state index contributed by atoms with van der Waals surface area (Å²) in [5.41, 5.74) is 6.30. The van der Waals surface area contributed by atoms with Gasteiger partial charge in [0.05, 0.1) is 12.2 Å². The molecule has 1 saturated heterocycles. The van der Waals surface area contributed by atoms with Gasteiger partial charge in [-0.05, 0) is 18.2 Å². The lowest BCUT2D eigenvalue weighted by Gasteiger charge is -2.33. The zero-order chi connectivity index (χ0) is 13.7. The van der Waals surface area contributed by atoms with Gasteiger partial charge < -0.3 is 15.5 Å². The fourth-order valence-electron chi connectivity index (χ4n) is 1.74. The zero-order valence-electron chi connectivity index (χ0n) is 11.1. The Balaban J connectivity index is 0.000000771. The van der Waals surface area contributed by atoms with Gasteiger partial charge in [-0.2, -0.15) is 0 Å². The van der Waals surface area contributed by atoms with Crippen molar-refractivity contribution in [2.75, 3.05) is 37.3 Å². The molecular formula is C13H20FN3O. The molecule has 1 fully saturated rings. The molecular weight excluding hydrogens is 233 g/mol. The highest BCUT2D eigenvalue weighted by molar-refractivity contribution is 5.82. The monoisotopic (exact) mass is 253 g/mol. The van der Waals surface area contributed by atoms with E-state index in [9.17, 15) is 9.18 Å². The number of rotatable bonds is 1. The number of benzene rings is 1. The Kier molecular flexibility index (Phi) is 4.95. The number of hydrogen-bond donors (Lipinski definition) is 1. The van der Waals surface area contributed by atoms with Crippen molar-refractivity contribution in [3.63, 3.8) is 0 Å². The molecule has 2 rings (SSSR count). The first-order valence-corrected chi connectivity index (χ1v) is 6.12. The first-order chi connectivity index (χ1) is 8.58. The Labute approximate surface area is 107 Å². The summed E-state index contributed by atoms with van der Waals surface area (Å²) in [6.07, 6.45) is 0. The van der Waals surface area contributed by atoms with E-state index < -0.39 is 0 Å². The second kappa shape index (κ2) is 6.23. The molecule has 100 valence electrons. The number of halogens is 1. The molecule has 18 heavy (non-hydrogen) atoms. The largest absolute Gasteiger partial charge is 0.399 e. The van der Waals surface area contributed by atoms with Crippen molar-refractivity contribution >= 4 is 17.3 Å². The van der Waals surface area contributed by atoms with E-state index in [0.29, 0.717) is 24.5 Å². The fourth-order valence-corrected chi connectivity index (χ4v) is 1.74. The van der Waals surface area contributed by atoms with Crippen molar-refractivity contribution in [3.8, 4) is 0 Å². The maximum atomic E-state index is 13.6. The molecule has 0 spiro atoms. The van der Waals surface area contributed by atoms with Gasteiger partial charge in [-0.3, -0.25) is 4.79 Å². The molecule has 1 heterocycles. The summed E-state index contributed by atoms with van der Waals surface area (Å²) in [4.78, 5) is 14.9. The van der Waals surface area contributed by atoms with Gasteiger partial charge in [0.2, 0.25) is 5.91 Å². The van der Waals surface area contributed by atoms with E-state index in [1.165, 1.54) is 6.07 Å². The highest BCUT2D eigenvalue weighted by atomic mass is 19.1. The SMILES string of the molecule is CC.CN1CCN(c2ccc(N)cc2F)CC1=O. The van der Waals surface area contributed by atoms with Gasteiger partial charge in [-0.1, -0.05) is 13.8 Å². The molecule has 0 radical (unpaired) electrons. The van der Waals surface area contributed by atoms with Crippen LogP contribution in [0.15, 0.2) is 18.2 Å². The van der Waals surface area contributed by atoms with E-state index in [-0.39, 0.29) is 18.3 Å². The number of nitrogens with zero attached hydrogens (tertiary/aromatic N) is 2. The van der Waals surface area contributed by atoms with Crippen LogP contribution in [0.2, 0.25) is 0 Å². The Morgan fingerprint density at radius 2 is 1.94 bits per heavy atom. The van der Waals surface area contributed by atoms with Crippen molar-refractivity contribution in [3.05, 3.63) is 24.0 Å². The Bertz CT molecular complexity index is 423. The molecule has 1 aliphatic rings. The molecule has 0 saturated carbocycles. The zero-order valence-corrected chi connectivity index (χ0v) is 11.1. The van der Waals surface area contributed by atoms with Gasteiger partial charge in [-0.25, -0.2) is 4.39 Å². The number of nitrogen functional groups attached to an aromatic ring is 1. The molecule has 1 aromatic carbocycles. The average molecular weight is 253 g/mol. The normalized spacial score (nSPS) is 15.2. The van der Waals surface area contributed by atoms with Crippen molar-refractivity contribution in [1.29, 1.82) is 0 Å². The number of carbonyl (C=O) groups is 1. The third-order valence-electron chi connectivity index (χ3n) is 2.77. The lowest BCUT2D eigenvalue weighted by Crippen LogP contribution is -2.48. The highest BCUT2D eigenvalue weighted by Gasteiger charge is 2.22. The smallest absolute Gasteiger partial charge is 0.241 e. The molecule has 5 heteroatoms. The van der Waals surface area contributed by atoms with E-state index in [4.69, 9.17) is 5.73 Å². The molecule has 4 nitrogen and oxygen atoms in total. The van der Waals surface area contributed by atoms with Gasteiger partial charge in [0.25, 0.3) is 0 Å². The van der Waals surface area contributed by atoms with Crippen LogP contribution < -0.4 is 10.6 Å². The summed E-state index contributed by atoms with van der Waals surface area (Å²) in [5, 5.41) is 0. The summed E-state index contributed by atoms with van der Waals surface area (Å²) < 4.78 is 13.6. The van der Waals surface area contributed by atoms with Gasteiger partial charge in [-0.15, -0.1) is 0 Å². The molecule has 0 bridgehead atoms. The van der Waals surface area contributed by atoms with Gasteiger partial charge in [0.1, 0.15) is 5.82 Å². The Morgan fingerprint density at radius 1 is 1.28 bits per heavy atom. The van der Waals surface area contributed by atoms with Gasteiger partial charge in [0.15, 0.2) is 0 Å². The van der Waals surface area contributed by atoms with Gasteiger partial charge in [0, 0.05) is 25.8 Å². The summed E-state index contributed by atoms with van der Waals surface area (Å²) in [5.74, 6) is -0.375. The maximum Gasteiger partial charge on any atom is 0.241 e. The summed E-state index contributed by atoms with van der Waals surface area (Å²) in [7, 11) is 1.75. The number of anilines is 2. The molecule has 0 aromatic heterocycles. The van der Waals surface area contributed by atoms with E-state index in [1.54, 1.807) is 29.0 Å². The third kappa shape index (κ3) is 3.12. The predicted octanol–water partition coefficient (Wildman–Crippen LogP) is 1.71. The molecule has 0 atom stereocenters. The van der Waals surface area contributed by atoms with Crippen molar-refractivity contribution in [1.82, 2.24) is 4.90 Å². The second-order valence-electron chi connectivity index (χ2n) is 3.95. The Hall–Kier alpha value is -1.78.